The first-order valence-electron chi connectivity index (χ1n) is 6.85. The van der Waals surface area contributed by atoms with E-state index in [1.165, 1.54) is 0 Å². The van der Waals surface area contributed by atoms with Crippen LogP contribution in [0.2, 0.25) is 0 Å². The van der Waals surface area contributed by atoms with E-state index >= 15 is 0 Å². The number of piperidine rings is 1. The van der Waals surface area contributed by atoms with Crippen LogP contribution in [0, 0.1) is 11.3 Å². The van der Waals surface area contributed by atoms with Crippen molar-refractivity contribution in [2.24, 2.45) is 0 Å². The third-order valence-corrected chi connectivity index (χ3v) is 4.00. The SMILES string of the molecule is CC(C)(C)N1CCC(c2ccc(C#N)cc2)C(O)C1. The van der Waals surface area contributed by atoms with Gasteiger partial charge in [-0.05, 0) is 51.4 Å². The summed E-state index contributed by atoms with van der Waals surface area (Å²) >= 11 is 0. The van der Waals surface area contributed by atoms with E-state index in [4.69, 9.17) is 5.26 Å². The molecule has 1 saturated heterocycles. The van der Waals surface area contributed by atoms with Gasteiger partial charge in [0, 0.05) is 18.0 Å². The van der Waals surface area contributed by atoms with Crippen molar-refractivity contribution < 1.29 is 5.11 Å². The number of rotatable bonds is 1. The molecule has 1 aliphatic heterocycles. The van der Waals surface area contributed by atoms with Crippen LogP contribution in [0.1, 0.15) is 44.2 Å². The van der Waals surface area contributed by atoms with Crippen LogP contribution in [0.5, 0.6) is 0 Å². The van der Waals surface area contributed by atoms with Crippen LogP contribution < -0.4 is 0 Å². The molecule has 0 amide bonds. The molecule has 1 aromatic rings. The summed E-state index contributed by atoms with van der Waals surface area (Å²) in [6, 6.07) is 9.73. The molecular formula is C16H22N2O. The summed E-state index contributed by atoms with van der Waals surface area (Å²) in [7, 11) is 0. The number of aliphatic hydroxyl groups excluding tert-OH is 1. The van der Waals surface area contributed by atoms with E-state index in [9.17, 15) is 5.11 Å². The van der Waals surface area contributed by atoms with Gasteiger partial charge in [0.2, 0.25) is 0 Å². The Morgan fingerprint density at radius 1 is 1.26 bits per heavy atom. The first kappa shape index (κ1) is 14.0. The molecular weight excluding hydrogens is 236 g/mol. The maximum atomic E-state index is 10.4. The van der Waals surface area contributed by atoms with Crippen molar-refractivity contribution in [3.8, 4) is 6.07 Å². The maximum absolute atomic E-state index is 10.4. The fraction of sp³-hybridized carbons (Fsp3) is 0.562. The summed E-state index contributed by atoms with van der Waals surface area (Å²) in [6.45, 7) is 8.27. The molecule has 0 radical (unpaired) electrons. The first-order valence-corrected chi connectivity index (χ1v) is 6.85. The number of β-amino-alcohol motifs (C(OH)–C–C–N with tert-alkyl or cyclic N) is 1. The van der Waals surface area contributed by atoms with Gasteiger partial charge in [-0.2, -0.15) is 5.26 Å². The van der Waals surface area contributed by atoms with Gasteiger partial charge in [0.25, 0.3) is 0 Å². The lowest BCUT2D eigenvalue weighted by Crippen LogP contribution is -2.51. The Hall–Kier alpha value is -1.37. The van der Waals surface area contributed by atoms with Gasteiger partial charge < -0.3 is 5.11 Å². The Morgan fingerprint density at radius 2 is 1.89 bits per heavy atom. The number of aliphatic hydroxyl groups is 1. The Bertz CT molecular complexity index is 467. The molecule has 3 heteroatoms. The van der Waals surface area contributed by atoms with Crippen LogP contribution in [0.25, 0.3) is 0 Å². The highest BCUT2D eigenvalue weighted by atomic mass is 16.3. The number of benzene rings is 1. The second-order valence-electron chi connectivity index (χ2n) is 6.31. The monoisotopic (exact) mass is 258 g/mol. The van der Waals surface area contributed by atoms with Gasteiger partial charge >= 0.3 is 0 Å². The summed E-state index contributed by atoms with van der Waals surface area (Å²) in [5, 5.41) is 19.2. The molecule has 19 heavy (non-hydrogen) atoms. The zero-order chi connectivity index (χ0) is 14.0. The normalized spacial score (nSPS) is 25.0. The van der Waals surface area contributed by atoms with Gasteiger partial charge in [0.15, 0.2) is 0 Å². The van der Waals surface area contributed by atoms with E-state index in [-0.39, 0.29) is 17.6 Å². The molecule has 0 bridgehead atoms. The minimum atomic E-state index is -0.332. The molecule has 2 unspecified atom stereocenters. The number of likely N-dealkylation sites (tertiary alicyclic amines) is 1. The van der Waals surface area contributed by atoms with Gasteiger partial charge in [-0.25, -0.2) is 0 Å². The van der Waals surface area contributed by atoms with Crippen LogP contribution in [0.3, 0.4) is 0 Å². The number of hydrogen-bond acceptors (Lipinski definition) is 3. The van der Waals surface area contributed by atoms with Crippen LogP contribution >= 0.6 is 0 Å². The molecule has 0 aliphatic carbocycles. The summed E-state index contributed by atoms with van der Waals surface area (Å²) in [5.74, 6) is 0.186. The summed E-state index contributed by atoms with van der Waals surface area (Å²) in [4.78, 5) is 2.33. The quantitative estimate of drug-likeness (QED) is 0.842. The van der Waals surface area contributed by atoms with Crippen molar-refractivity contribution in [1.82, 2.24) is 4.90 Å². The van der Waals surface area contributed by atoms with Crippen molar-refractivity contribution in [2.45, 2.75) is 44.8 Å². The van der Waals surface area contributed by atoms with Gasteiger partial charge in [-0.3, -0.25) is 4.90 Å². The lowest BCUT2D eigenvalue weighted by molar-refractivity contribution is 0.00793. The zero-order valence-corrected chi connectivity index (χ0v) is 11.9. The highest BCUT2D eigenvalue weighted by Crippen LogP contribution is 2.31. The van der Waals surface area contributed by atoms with Crippen molar-refractivity contribution >= 4 is 0 Å². The number of nitriles is 1. The second kappa shape index (κ2) is 5.32. The number of hydrogen-bond donors (Lipinski definition) is 1. The second-order valence-corrected chi connectivity index (χ2v) is 6.31. The van der Waals surface area contributed by atoms with Gasteiger partial charge in [0.1, 0.15) is 0 Å². The Balaban J connectivity index is 2.09. The molecule has 3 nitrogen and oxygen atoms in total. The average Bonchev–Trinajstić information content (AvgIpc) is 2.38. The largest absolute Gasteiger partial charge is 0.391 e. The molecule has 1 N–H and O–H groups in total. The van der Waals surface area contributed by atoms with Gasteiger partial charge in [-0.15, -0.1) is 0 Å². The molecule has 1 aromatic carbocycles. The van der Waals surface area contributed by atoms with E-state index in [1.54, 1.807) is 0 Å². The predicted octanol–water partition coefficient (Wildman–Crippen LogP) is 2.51. The molecule has 1 aliphatic rings. The lowest BCUT2D eigenvalue weighted by Gasteiger charge is -2.43. The van der Waals surface area contributed by atoms with Gasteiger partial charge in [-0.1, -0.05) is 12.1 Å². The van der Waals surface area contributed by atoms with E-state index < -0.39 is 0 Å². The molecule has 1 heterocycles. The first-order chi connectivity index (χ1) is 8.91. The summed E-state index contributed by atoms with van der Waals surface area (Å²) < 4.78 is 0. The Labute approximate surface area is 115 Å². The maximum Gasteiger partial charge on any atom is 0.0991 e. The van der Waals surface area contributed by atoms with Crippen molar-refractivity contribution in [1.29, 1.82) is 5.26 Å². The third kappa shape index (κ3) is 3.15. The average molecular weight is 258 g/mol. The van der Waals surface area contributed by atoms with Crippen LogP contribution in [0.4, 0.5) is 0 Å². The van der Waals surface area contributed by atoms with E-state index in [0.29, 0.717) is 12.1 Å². The smallest absolute Gasteiger partial charge is 0.0991 e. The summed E-state index contributed by atoms with van der Waals surface area (Å²) in [6.07, 6.45) is 0.630. The molecule has 1 fully saturated rings. The van der Waals surface area contributed by atoms with Crippen LogP contribution in [-0.2, 0) is 0 Å². The molecule has 102 valence electrons. The number of nitrogens with zero attached hydrogens (tertiary/aromatic N) is 2. The van der Waals surface area contributed by atoms with Crippen molar-refractivity contribution in [3.63, 3.8) is 0 Å². The molecule has 0 spiro atoms. The topological polar surface area (TPSA) is 47.3 Å². The minimum absolute atomic E-state index is 0.108. The zero-order valence-electron chi connectivity index (χ0n) is 11.9. The van der Waals surface area contributed by atoms with Crippen molar-refractivity contribution in [2.75, 3.05) is 13.1 Å². The standard InChI is InChI=1S/C16H22N2O/c1-16(2,3)18-9-8-14(15(19)11-18)13-6-4-12(10-17)5-7-13/h4-7,14-15,19H,8-9,11H2,1-3H3. The molecule has 0 saturated carbocycles. The Morgan fingerprint density at radius 3 is 2.37 bits per heavy atom. The van der Waals surface area contributed by atoms with E-state index in [0.717, 1.165) is 18.5 Å². The predicted molar refractivity (Wildman–Crippen MR) is 75.8 cm³/mol. The van der Waals surface area contributed by atoms with Crippen molar-refractivity contribution in [3.05, 3.63) is 35.4 Å². The fourth-order valence-electron chi connectivity index (χ4n) is 2.73. The molecule has 2 rings (SSSR count). The molecule has 0 aromatic heterocycles. The minimum Gasteiger partial charge on any atom is -0.391 e. The van der Waals surface area contributed by atoms with Crippen LogP contribution in [-0.4, -0.2) is 34.7 Å². The third-order valence-electron chi connectivity index (χ3n) is 4.00. The highest BCUT2D eigenvalue weighted by molar-refractivity contribution is 5.33. The lowest BCUT2D eigenvalue weighted by atomic mass is 9.85. The van der Waals surface area contributed by atoms with Gasteiger partial charge in [0.05, 0.1) is 17.7 Å². The Kier molecular flexibility index (Phi) is 3.93. The van der Waals surface area contributed by atoms with E-state index in [1.807, 2.05) is 24.3 Å². The van der Waals surface area contributed by atoms with Crippen LogP contribution in [0.15, 0.2) is 24.3 Å². The highest BCUT2D eigenvalue weighted by Gasteiger charge is 2.33. The molecule has 2 atom stereocenters. The fourth-order valence-corrected chi connectivity index (χ4v) is 2.73. The summed E-state index contributed by atoms with van der Waals surface area (Å²) in [5.41, 5.74) is 1.92. The van der Waals surface area contributed by atoms with E-state index in [2.05, 4.69) is 31.7 Å².